The Bertz CT molecular complexity index is 333. The van der Waals surface area contributed by atoms with Crippen LogP contribution < -0.4 is 0 Å². The van der Waals surface area contributed by atoms with Gasteiger partial charge in [0.05, 0.1) is 0 Å². The van der Waals surface area contributed by atoms with Crippen molar-refractivity contribution in [2.75, 3.05) is 0 Å². The molecule has 0 radical (unpaired) electrons. The molecule has 0 aliphatic carbocycles. The lowest BCUT2D eigenvalue weighted by Crippen LogP contribution is -2.15. The topological polar surface area (TPSA) is 52.1 Å². The number of aromatic nitrogens is 2. The zero-order chi connectivity index (χ0) is 11.4. The average Bonchev–Trinajstić information content (AvgIpc) is 2.15. The van der Waals surface area contributed by atoms with Crippen molar-refractivity contribution in [2.24, 2.45) is 5.92 Å². The summed E-state index contributed by atoms with van der Waals surface area (Å²) in [5.41, 5.74) is 0.839. The molecule has 1 aromatic heterocycles. The minimum Gasteiger partial charge on any atom is -0.457 e. The Kier molecular flexibility index (Phi) is 3.77. The second-order valence-electron chi connectivity index (χ2n) is 3.84. The zero-order valence-electron chi connectivity index (χ0n) is 9.52. The molecule has 0 spiro atoms. The number of hydrogen-bond acceptors (Lipinski definition) is 4. The van der Waals surface area contributed by atoms with Crippen molar-refractivity contribution in [1.29, 1.82) is 0 Å². The van der Waals surface area contributed by atoms with Crippen molar-refractivity contribution < 1.29 is 9.53 Å². The maximum absolute atomic E-state index is 10.9. The van der Waals surface area contributed by atoms with E-state index in [1.807, 2.05) is 20.8 Å². The second-order valence-corrected chi connectivity index (χ2v) is 3.84. The van der Waals surface area contributed by atoms with E-state index in [4.69, 9.17) is 4.74 Å². The lowest BCUT2D eigenvalue weighted by atomic mass is 10.0. The van der Waals surface area contributed by atoms with Gasteiger partial charge in [0.25, 0.3) is 0 Å². The van der Waals surface area contributed by atoms with Crippen LogP contribution in [0.2, 0.25) is 0 Å². The summed E-state index contributed by atoms with van der Waals surface area (Å²) < 4.78 is 5.22. The molecule has 15 heavy (non-hydrogen) atoms. The molecule has 0 fully saturated rings. The molecule has 0 aromatic carbocycles. The molecule has 0 saturated heterocycles. The van der Waals surface area contributed by atoms with E-state index in [0.29, 0.717) is 5.82 Å². The van der Waals surface area contributed by atoms with Gasteiger partial charge in [0.15, 0.2) is 0 Å². The van der Waals surface area contributed by atoms with Crippen LogP contribution in [0.4, 0.5) is 0 Å². The summed E-state index contributed by atoms with van der Waals surface area (Å²) in [5.74, 6) is 0.638. The summed E-state index contributed by atoms with van der Waals surface area (Å²) >= 11 is 0. The molecule has 82 valence electrons. The first-order valence-electron chi connectivity index (χ1n) is 4.96. The maximum Gasteiger partial charge on any atom is 0.303 e. The molecular formula is C11H16N2O2. The number of esters is 1. The number of hydrogen-bond donors (Lipinski definition) is 0. The van der Waals surface area contributed by atoms with E-state index >= 15 is 0 Å². The van der Waals surface area contributed by atoms with Gasteiger partial charge in [-0.15, -0.1) is 0 Å². The number of carbonyl (C=O) groups excluding carboxylic acids is 1. The number of aryl methyl sites for hydroxylation is 1. The minimum atomic E-state index is -0.283. The van der Waals surface area contributed by atoms with Gasteiger partial charge in [-0.25, -0.2) is 9.97 Å². The largest absolute Gasteiger partial charge is 0.457 e. The summed E-state index contributed by atoms with van der Waals surface area (Å²) in [4.78, 5) is 19.1. The third kappa shape index (κ3) is 3.31. The maximum atomic E-state index is 10.9. The van der Waals surface area contributed by atoms with Crippen molar-refractivity contribution in [3.05, 3.63) is 23.8 Å². The quantitative estimate of drug-likeness (QED) is 0.713. The first kappa shape index (κ1) is 11.6. The predicted octanol–water partition coefficient (Wildman–Crippen LogP) is 2.05. The van der Waals surface area contributed by atoms with Crippen LogP contribution in [0.1, 0.15) is 38.3 Å². The van der Waals surface area contributed by atoms with Crippen molar-refractivity contribution in [3.63, 3.8) is 0 Å². The van der Waals surface area contributed by atoms with Crippen molar-refractivity contribution in [1.82, 2.24) is 9.97 Å². The van der Waals surface area contributed by atoms with Gasteiger partial charge in [-0.2, -0.15) is 0 Å². The third-order valence-corrected chi connectivity index (χ3v) is 2.03. The van der Waals surface area contributed by atoms with E-state index in [1.165, 1.54) is 6.92 Å². The summed E-state index contributed by atoms with van der Waals surface area (Å²) in [5, 5.41) is 0. The second kappa shape index (κ2) is 4.87. The standard InChI is InChI=1S/C11H16N2O2/c1-7(2)11(15-9(4)14)10-5-12-8(3)13-6-10/h5-7,11H,1-4H3/t11-/m0/s1. The number of carbonyl (C=O) groups is 1. The van der Waals surface area contributed by atoms with Gasteiger partial charge >= 0.3 is 5.97 Å². The van der Waals surface area contributed by atoms with Crippen LogP contribution >= 0.6 is 0 Å². The minimum absolute atomic E-state index is 0.209. The fourth-order valence-corrected chi connectivity index (χ4v) is 1.32. The van der Waals surface area contributed by atoms with Gasteiger partial charge < -0.3 is 4.74 Å². The fraction of sp³-hybridized carbons (Fsp3) is 0.545. The van der Waals surface area contributed by atoms with Crippen LogP contribution in [0, 0.1) is 12.8 Å². The highest BCUT2D eigenvalue weighted by molar-refractivity contribution is 5.66. The van der Waals surface area contributed by atoms with Gasteiger partial charge in [0.1, 0.15) is 11.9 Å². The smallest absolute Gasteiger partial charge is 0.303 e. The lowest BCUT2D eigenvalue weighted by Gasteiger charge is -2.20. The number of nitrogens with zero attached hydrogens (tertiary/aromatic N) is 2. The summed E-state index contributed by atoms with van der Waals surface area (Å²) in [6.07, 6.45) is 3.15. The molecule has 0 bridgehead atoms. The lowest BCUT2D eigenvalue weighted by molar-refractivity contribution is -0.149. The van der Waals surface area contributed by atoms with E-state index in [0.717, 1.165) is 5.56 Å². The van der Waals surface area contributed by atoms with Crippen molar-refractivity contribution in [2.45, 2.75) is 33.8 Å². The Labute approximate surface area is 89.7 Å². The molecule has 1 atom stereocenters. The monoisotopic (exact) mass is 208 g/mol. The van der Waals surface area contributed by atoms with Gasteiger partial charge in [0.2, 0.25) is 0 Å². The van der Waals surface area contributed by atoms with E-state index in [9.17, 15) is 4.79 Å². The Morgan fingerprint density at radius 3 is 2.27 bits per heavy atom. The molecule has 0 N–H and O–H groups in total. The predicted molar refractivity (Wildman–Crippen MR) is 56.1 cm³/mol. The molecular weight excluding hydrogens is 192 g/mol. The van der Waals surface area contributed by atoms with E-state index < -0.39 is 0 Å². The van der Waals surface area contributed by atoms with Gasteiger partial charge in [0, 0.05) is 24.9 Å². The van der Waals surface area contributed by atoms with Crippen LogP contribution in [0.3, 0.4) is 0 Å². The zero-order valence-corrected chi connectivity index (χ0v) is 9.52. The SMILES string of the molecule is CC(=O)O[C@H](c1cnc(C)nc1)C(C)C. The Morgan fingerprint density at radius 1 is 1.33 bits per heavy atom. The molecule has 1 aromatic rings. The first-order chi connectivity index (χ1) is 7.00. The number of ether oxygens (including phenoxy) is 1. The highest BCUT2D eigenvalue weighted by atomic mass is 16.5. The molecule has 0 aliphatic rings. The highest BCUT2D eigenvalue weighted by Gasteiger charge is 2.19. The fourth-order valence-electron chi connectivity index (χ4n) is 1.32. The van der Waals surface area contributed by atoms with E-state index in [2.05, 4.69) is 9.97 Å². The molecule has 0 saturated carbocycles. The van der Waals surface area contributed by atoms with Crippen molar-refractivity contribution in [3.8, 4) is 0 Å². The molecule has 0 aliphatic heterocycles. The van der Waals surface area contributed by atoms with Gasteiger partial charge in [-0.3, -0.25) is 4.79 Å². The number of rotatable bonds is 3. The summed E-state index contributed by atoms with van der Waals surface area (Å²) in [6, 6.07) is 0. The highest BCUT2D eigenvalue weighted by Crippen LogP contribution is 2.24. The van der Waals surface area contributed by atoms with E-state index in [-0.39, 0.29) is 18.0 Å². The van der Waals surface area contributed by atoms with Crippen LogP contribution in [0.25, 0.3) is 0 Å². The van der Waals surface area contributed by atoms with Crippen LogP contribution in [-0.4, -0.2) is 15.9 Å². The molecule has 4 nitrogen and oxygen atoms in total. The summed E-state index contributed by atoms with van der Waals surface area (Å²) in [7, 11) is 0. The average molecular weight is 208 g/mol. The molecule has 0 unspecified atom stereocenters. The Hall–Kier alpha value is -1.45. The van der Waals surface area contributed by atoms with Crippen LogP contribution in [-0.2, 0) is 9.53 Å². The van der Waals surface area contributed by atoms with Crippen LogP contribution in [0.5, 0.6) is 0 Å². The molecule has 1 rings (SSSR count). The van der Waals surface area contributed by atoms with Gasteiger partial charge in [-0.1, -0.05) is 13.8 Å². The van der Waals surface area contributed by atoms with E-state index in [1.54, 1.807) is 12.4 Å². The van der Waals surface area contributed by atoms with Crippen LogP contribution in [0.15, 0.2) is 12.4 Å². The normalized spacial score (nSPS) is 12.6. The van der Waals surface area contributed by atoms with Gasteiger partial charge in [-0.05, 0) is 12.8 Å². The Morgan fingerprint density at radius 2 is 1.87 bits per heavy atom. The Balaban J connectivity index is 2.88. The molecule has 4 heteroatoms. The first-order valence-corrected chi connectivity index (χ1v) is 4.96. The molecule has 1 heterocycles. The van der Waals surface area contributed by atoms with Crippen molar-refractivity contribution >= 4 is 5.97 Å². The summed E-state index contributed by atoms with van der Waals surface area (Å²) in [6.45, 7) is 7.21. The molecule has 0 amide bonds. The third-order valence-electron chi connectivity index (χ3n) is 2.03.